The number of esters is 1. The van der Waals surface area contributed by atoms with E-state index >= 15 is 0 Å². The molecule has 17 heavy (non-hydrogen) atoms. The highest BCUT2D eigenvalue weighted by atomic mass is 16.7. The molecule has 0 amide bonds. The lowest BCUT2D eigenvalue weighted by Gasteiger charge is -2.04. The third-order valence-electron chi connectivity index (χ3n) is 1.78. The summed E-state index contributed by atoms with van der Waals surface area (Å²) in [6.45, 7) is 2.58. The Hall–Kier alpha value is -0.980. The zero-order chi connectivity index (χ0) is 13.5. The summed E-state index contributed by atoms with van der Waals surface area (Å²) in [5.41, 5.74) is 5.09. The van der Waals surface area contributed by atoms with Crippen molar-refractivity contribution in [2.24, 2.45) is 5.73 Å². The number of hydrogen-bond donors (Lipinski definition) is 2. The summed E-state index contributed by atoms with van der Waals surface area (Å²) >= 11 is 0. The molecule has 102 valence electrons. The second kappa shape index (κ2) is 15.0. The van der Waals surface area contributed by atoms with Gasteiger partial charge >= 0.3 is 5.97 Å². The fourth-order valence-electron chi connectivity index (χ4n) is 0.828. The third kappa shape index (κ3) is 15.0. The van der Waals surface area contributed by atoms with Gasteiger partial charge in [0.1, 0.15) is 5.78 Å². The van der Waals surface area contributed by atoms with Crippen LogP contribution >= 0.6 is 0 Å². The molecule has 0 aliphatic carbocycles. The molecule has 0 aromatic rings. The van der Waals surface area contributed by atoms with Gasteiger partial charge in [-0.25, -0.2) is 0 Å². The van der Waals surface area contributed by atoms with Crippen LogP contribution in [-0.2, 0) is 19.1 Å². The number of aliphatic hydroxyl groups is 1. The summed E-state index contributed by atoms with van der Waals surface area (Å²) in [5, 5.41) is 7.00. The summed E-state index contributed by atoms with van der Waals surface area (Å²) in [6, 6.07) is 0. The number of unbranched alkanes of at least 4 members (excludes halogenated alkanes) is 1. The smallest absolute Gasteiger partial charge is 0.308 e. The Kier molecular flexibility index (Phi) is 16.2. The average molecular weight is 249 g/mol. The van der Waals surface area contributed by atoms with Crippen LogP contribution in [0, 0.1) is 0 Å². The summed E-state index contributed by atoms with van der Waals surface area (Å²) in [5.74, 6) is -0.563. The Morgan fingerprint density at radius 3 is 2.41 bits per heavy atom. The SMILES string of the molecule is CCCCOCOC(=O)CCC(=O)CN.CO. The van der Waals surface area contributed by atoms with Crippen molar-refractivity contribution in [3.05, 3.63) is 0 Å². The van der Waals surface area contributed by atoms with Gasteiger partial charge in [-0.05, 0) is 6.42 Å². The van der Waals surface area contributed by atoms with E-state index < -0.39 is 5.97 Å². The molecule has 0 radical (unpaired) electrons. The van der Waals surface area contributed by atoms with E-state index in [9.17, 15) is 9.59 Å². The van der Waals surface area contributed by atoms with Crippen molar-refractivity contribution in [3.63, 3.8) is 0 Å². The predicted octanol–water partition coefficient (Wildman–Crippen LogP) is 0.220. The van der Waals surface area contributed by atoms with Crippen molar-refractivity contribution in [1.82, 2.24) is 0 Å². The van der Waals surface area contributed by atoms with Gasteiger partial charge < -0.3 is 20.3 Å². The molecular formula is C11H23NO5. The second-order valence-corrected chi connectivity index (χ2v) is 3.14. The van der Waals surface area contributed by atoms with Gasteiger partial charge in [0.15, 0.2) is 6.79 Å². The highest BCUT2D eigenvalue weighted by molar-refractivity contribution is 5.84. The minimum Gasteiger partial charge on any atom is -0.438 e. The Balaban J connectivity index is 0. The van der Waals surface area contributed by atoms with Crippen LogP contribution in [-0.4, -0.2) is 43.9 Å². The first-order chi connectivity index (χ1) is 8.20. The second-order valence-electron chi connectivity index (χ2n) is 3.14. The highest BCUT2D eigenvalue weighted by Crippen LogP contribution is 1.95. The van der Waals surface area contributed by atoms with Gasteiger partial charge in [0, 0.05) is 13.5 Å². The number of rotatable bonds is 9. The van der Waals surface area contributed by atoms with E-state index in [1.807, 2.05) is 6.92 Å². The van der Waals surface area contributed by atoms with Crippen LogP contribution in [0.4, 0.5) is 0 Å². The van der Waals surface area contributed by atoms with Gasteiger partial charge in [-0.15, -0.1) is 0 Å². The molecule has 6 nitrogen and oxygen atoms in total. The number of Topliss-reactive ketones (excluding diaryl/α,β-unsaturated/α-hetero) is 1. The first-order valence-corrected chi connectivity index (χ1v) is 5.60. The predicted molar refractivity (Wildman–Crippen MR) is 63.3 cm³/mol. The van der Waals surface area contributed by atoms with Crippen molar-refractivity contribution < 1.29 is 24.2 Å². The van der Waals surface area contributed by atoms with Crippen molar-refractivity contribution in [3.8, 4) is 0 Å². The summed E-state index contributed by atoms with van der Waals surface area (Å²) in [7, 11) is 1.00. The molecule has 6 heteroatoms. The highest BCUT2D eigenvalue weighted by Gasteiger charge is 2.06. The van der Waals surface area contributed by atoms with E-state index in [1.165, 1.54) is 0 Å². The third-order valence-corrected chi connectivity index (χ3v) is 1.78. The molecular weight excluding hydrogens is 226 g/mol. The Labute approximate surface area is 102 Å². The summed E-state index contributed by atoms with van der Waals surface area (Å²) in [6.07, 6.45) is 2.21. The maximum Gasteiger partial charge on any atom is 0.308 e. The minimum absolute atomic E-state index is 0.0275. The first-order valence-electron chi connectivity index (χ1n) is 5.60. The molecule has 0 rings (SSSR count). The number of ketones is 1. The average Bonchev–Trinajstić information content (AvgIpc) is 2.38. The Morgan fingerprint density at radius 2 is 1.88 bits per heavy atom. The fraction of sp³-hybridized carbons (Fsp3) is 0.818. The van der Waals surface area contributed by atoms with Crippen LogP contribution < -0.4 is 5.73 Å². The Morgan fingerprint density at radius 1 is 1.24 bits per heavy atom. The number of ether oxygens (including phenoxy) is 2. The van der Waals surface area contributed by atoms with Crippen LogP contribution in [0.15, 0.2) is 0 Å². The van der Waals surface area contributed by atoms with E-state index in [2.05, 4.69) is 0 Å². The zero-order valence-corrected chi connectivity index (χ0v) is 10.6. The molecule has 0 aliphatic rings. The molecule has 0 spiro atoms. The zero-order valence-electron chi connectivity index (χ0n) is 10.6. The molecule has 0 atom stereocenters. The van der Waals surface area contributed by atoms with E-state index in [-0.39, 0.29) is 32.0 Å². The molecule has 0 bridgehead atoms. The van der Waals surface area contributed by atoms with Crippen molar-refractivity contribution in [1.29, 1.82) is 0 Å². The van der Waals surface area contributed by atoms with E-state index in [1.54, 1.807) is 0 Å². The number of nitrogens with two attached hydrogens (primary N) is 1. The lowest BCUT2D eigenvalue weighted by molar-refractivity contribution is -0.157. The molecule has 0 saturated heterocycles. The lowest BCUT2D eigenvalue weighted by Crippen LogP contribution is -2.16. The maximum absolute atomic E-state index is 11.0. The first kappa shape index (κ1) is 18.4. The molecule has 0 fully saturated rings. The van der Waals surface area contributed by atoms with Gasteiger partial charge in [-0.2, -0.15) is 0 Å². The van der Waals surface area contributed by atoms with E-state index in [4.69, 9.17) is 20.3 Å². The van der Waals surface area contributed by atoms with Gasteiger partial charge in [0.2, 0.25) is 0 Å². The molecule has 0 aromatic heterocycles. The minimum atomic E-state index is -0.423. The summed E-state index contributed by atoms with van der Waals surface area (Å²) < 4.78 is 9.75. The van der Waals surface area contributed by atoms with Crippen molar-refractivity contribution in [2.75, 3.05) is 27.1 Å². The van der Waals surface area contributed by atoms with Crippen molar-refractivity contribution >= 4 is 11.8 Å². The van der Waals surface area contributed by atoms with Crippen LogP contribution in [0.3, 0.4) is 0 Å². The lowest BCUT2D eigenvalue weighted by atomic mass is 10.2. The molecule has 3 N–H and O–H groups in total. The van der Waals surface area contributed by atoms with E-state index in [0.29, 0.717) is 6.61 Å². The molecule has 0 unspecified atom stereocenters. The van der Waals surface area contributed by atoms with Crippen LogP contribution in [0.1, 0.15) is 32.6 Å². The number of carbonyl (C=O) groups is 2. The molecule has 0 saturated carbocycles. The van der Waals surface area contributed by atoms with Gasteiger partial charge in [-0.1, -0.05) is 13.3 Å². The van der Waals surface area contributed by atoms with Crippen LogP contribution in [0.2, 0.25) is 0 Å². The Bertz CT molecular complexity index is 196. The van der Waals surface area contributed by atoms with Crippen LogP contribution in [0.5, 0.6) is 0 Å². The monoisotopic (exact) mass is 249 g/mol. The van der Waals surface area contributed by atoms with E-state index in [0.717, 1.165) is 20.0 Å². The number of carbonyl (C=O) groups excluding carboxylic acids is 2. The van der Waals surface area contributed by atoms with Gasteiger partial charge in [0.05, 0.1) is 19.6 Å². The molecule has 0 aromatic carbocycles. The molecule has 0 aliphatic heterocycles. The quantitative estimate of drug-likeness (QED) is 0.344. The van der Waals surface area contributed by atoms with Gasteiger partial charge in [0.25, 0.3) is 0 Å². The topological polar surface area (TPSA) is 98.9 Å². The number of hydrogen-bond acceptors (Lipinski definition) is 6. The fourth-order valence-corrected chi connectivity index (χ4v) is 0.828. The van der Waals surface area contributed by atoms with Crippen LogP contribution in [0.25, 0.3) is 0 Å². The molecule has 0 heterocycles. The standard InChI is InChI=1S/C10H19NO4.CH4O/c1-2-3-6-14-8-15-10(13)5-4-9(12)7-11;1-2/h2-8,11H2,1H3;2H,1H3. The summed E-state index contributed by atoms with van der Waals surface area (Å²) in [4.78, 5) is 21.8. The normalized spacial score (nSPS) is 9.18. The van der Waals surface area contributed by atoms with Crippen molar-refractivity contribution in [2.45, 2.75) is 32.6 Å². The maximum atomic E-state index is 11.0. The number of aliphatic hydroxyl groups excluding tert-OH is 1. The largest absolute Gasteiger partial charge is 0.438 e. The van der Waals surface area contributed by atoms with Gasteiger partial charge in [-0.3, -0.25) is 9.59 Å².